The zero-order chi connectivity index (χ0) is 19.9. The zero-order valence-electron chi connectivity index (χ0n) is 16.8. The van der Waals surface area contributed by atoms with Gasteiger partial charge in [0.2, 0.25) is 5.95 Å². The molecule has 5 heteroatoms. The molecular weight excluding hydrogens is 358 g/mol. The van der Waals surface area contributed by atoms with Crippen molar-refractivity contribution in [2.24, 2.45) is 0 Å². The molecule has 0 saturated carbocycles. The van der Waals surface area contributed by atoms with Gasteiger partial charge >= 0.3 is 0 Å². The Bertz CT molecular complexity index is 1060. The topological polar surface area (TPSA) is 65.6 Å². The summed E-state index contributed by atoms with van der Waals surface area (Å²) in [6.07, 6.45) is 5.13. The van der Waals surface area contributed by atoms with Crippen LogP contribution in [0.3, 0.4) is 0 Å². The van der Waals surface area contributed by atoms with Crippen LogP contribution in [0.4, 0.5) is 11.8 Å². The normalized spacial score (nSPS) is 10.9. The van der Waals surface area contributed by atoms with E-state index < -0.39 is 0 Å². The molecule has 0 fully saturated rings. The summed E-state index contributed by atoms with van der Waals surface area (Å²) in [5.74, 6) is 1.55. The molecule has 2 aromatic carbocycles. The lowest BCUT2D eigenvalue weighted by molar-refractivity contribution is 0.851. The SMILES string of the molecule is Cc1cc(NCCc2c[nH]c3ccccc23)nc(NCCCc2ccccc2)n1. The van der Waals surface area contributed by atoms with Crippen LogP contribution < -0.4 is 10.6 Å². The minimum atomic E-state index is 0.688. The third kappa shape index (κ3) is 5.13. The van der Waals surface area contributed by atoms with Gasteiger partial charge in [0.1, 0.15) is 5.82 Å². The van der Waals surface area contributed by atoms with E-state index in [-0.39, 0.29) is 0 Å². The number of anilines is 2. The van der Waals surface area contributed by atoms with Crippen molar-refractivity contribution < 1.29 is 0 Å². The first-order valence-corrected chi connectivity index (χ1v) is 10.2. The second-order valence-electron chi connectivity index (χ2n) is 7.27. The van der Waals surface area contributed by atoms with Crippen LogP contribution in [-0.2, 0) is 12.8 Å². The van der Waals surface area contributed by atoms with E-state index >= 15 is 0 Å². The van der Waals surface area contributed by atoms with Gasteiger partial charge in [-0.15, -0.1) is 0 Å². The molecule has 0 spiro atoms. The van der Waals surface area contributed by atoms with E-state index in [1.54, 1.807) is 0 Å². The fourth-order valence-corrected chi connectivity index (χ4v) is 3.54. The smallest absolute Gasteiger partial charge is 0.224 e. The highest BCUT2D eigenvalue weighted by molar-refractivity contribution is 5.83. The molecule has 0 unspecified atom stereocenters. The third-order valence-electron chi connectivity index (χ3n) is 5.00. The van der Waals surface area contributed by atoms with Crippen molar-refractivity contribution in [1.82, 2.24) is 15.0 Å². The third-order valence-corrected chi connectivity index (χ3v) is 5.00. The zero-order valence-corrected chi connectivity index (χ0v) is 16.8. The van der Waals surface area contributed by atoms with Gasteiger partial charge in [0.05, 0.1) is 0 Å². The average Bonchev–Trinajstić information content (AvgIpc) is 3.15. The molecule has 0 saturated heterocycles. The molecule has 4 aromatic rings. The Morgan fingerprint density at radius 3 is 2.59 bits per heavy atom. The number of hydrogen-bond donors (Lipinski definition) is 3. The molecule has 0 bridgehead atoms. The molecule has 5 nitrogen and oxygen atoms in total. The second kappa shape index (κ2) is 9.24. The van der Waals surface area contributed by atoms with E-state index in [0.29, 0.717) is 5.95 Å². The number of rotatable bonds is 9. The molecule has 2 heterocycles. The second-order valence-corrected chi connectivity index (χ2v) is 7.27. The maximum Gasteiger partial charge on any atom is 0.224 e. The lowest BCUT2D eigenvalue weighted by Gasteiger charge is -2.10. The molecule has 4 rings (SSSR count). The summed E-state index contributed by atoms with van der Waals surface area (Å²) in [6.45, 7) is 3.68. The maximum absolute atomic E-state index is 4.62. The van der Waals surface area contributed by atoms with Crippen LogP contribution in [0.15, 0.2) is 66.9 Å². The van der Waals surface area contributed by atoms with Crippen molar-refractivity contribution >= 4 is 22.7 Å². The molecule has 29 heavy (non-hydrogen) atoms. The Hall–Kier alpha value is -3.34. The minimum Gasteiger partial charge on any atom is -0.370 e. The summed E-state index contributed by atoms with van der Waals surface area (Å²) < 4.78 is 0. The highest BCUT2D eigenvalue weighted by atomic mass is 15.1. The maximum atomic E-state index is 4.62. The number of aryl methyl sites for hydroxylation is 2. The number of para-hydroxylation sites is 1. The largest absolute Gasteiger partial charge is 0.370 e. The number of aromatic amines is 1. The lowest BCUT2D eigenvalue weighted by atomic mass is 10.1. The van der Waals surface area contributed by atoms with Crippen molar-refractivity contribution in [3.8, 4) is 0 Å². The van der Waals surface area contributed by atoms with Gasteiger partial charge in [0, 0.05) is 41.9 Å². The van der Waals surface area contributed by atoms with Crippen LogP contribution in [-0.4, -0.2) is 28.0 Å². The number of aromatic nitrogens is 3. The Balaban J connectivity index is 1.28. The van der Waals surface area contributed by atoms with Gasteiger partial charge in [-0.05, 0) is 43.4 Å². The molecule has 0 atom stereocenters. The van der Waals surface area contributed by atoms with Crippen LogP contribution >= 0.6 is 0 Å². The fraction of sp³-hybridized carbons (Fsp3) is 0.250. The summed E-state index contributed by atoms with van der Waals surface area (Å²) in [5, 5.41) is 8.08. The fourth-order valence-electron chi connectivity index (χ4n) is 3.54. The van der Waals surface area contributed by atoms with Gasteiger partial charge in [-0.3, -0.25) is 0 Å². The standard InChI is InChI=1S/C24H27N5/c1-18-16-23(25-15-13-20-17-27-22-12-6-5-11-21(20)22)29-24(28-18)26-14-7-10-19-8-3-2-4-9-19/h2-6,8-9,11-12,16-17,27H,7,10,13-15H2,1H3,(H2,25,26,28,29). The van der Waals surface area contributed by atoms with Crippen molar-refractivity contribution in [2.45, 2.75) is 26.2 Å². The van der Waals surface area contributed by atoms with Crippen molar-refractivity contribution in [3.05, 3.63) is 83.7 Å². The molecule has 0 radical (unpaired) electrons. The van der Waals surface area contributed by atoms with Gasteiger partial charge in [-0.1, -0.05) is 48.5 Å². The van der Waals surface area contributed by atoms with Crippen LogP contribution in [0.25, 0.3) is 10.9 Å². The van der Waals surface area contributed by atoms with Gasteiger partial charge in [-0.2, -0.15) is 4.98 Å². The summed E-state index contributed by atoms with van der Waals surface area (Å²) in [5.41, 5.74) is 4.82. The van der Waals surface area contributed by atoms with Crippen molar-refractivity contribution in [3.63, 3.8) is 0 Å². The van der Waals surface area contributed by atoms with Crippen LogP contribution in [0.1, 0.15) is 23.2 Å². The Morgan fingerprint density at radius 2 is 1.69 bits per heavy atom. The Kier molecular flexibility index (Phi) is 6.05. The monoisotopic (exact) mass is 385 g/mol. The highest BCUT2D eigenvalue weighted by Gasteiger charge is 2.05. The average molecular weight is 386 g/mol. The first-order valence-electron chi connectivity index (χ1n) is 10.2. The quantitative estimate of drug-likeness (QED) is 0.356. The van der Waals surface area contributed by atoms with E-state index in [1.165, 1.54) is 22.0 Å². The van der Waals surface area contributed by atoms with Gasteiger partial charge in [-0.25, -0.2) is 4.98 Å². The van der Waals surface area contributed by atoms with Crippen LogP contribution in [0.2, 0.25) is 0 Å². The number of nitrogens with zero attached hydrogens (tertiary/aromatic N) is 2. The van der Waals surface area contributed by atoms with E-state index in [0.717, 1.165) is 43.9 Å². The summed E-state index contributed by atoms with van der Waals surface area (Å²) >= 11 is 0. The molecule has 0 aliphatic rings. The number of nitrogens with one attached hydrogen (secondary N) is 3. The minimum absolute atomic E-state index is 0.688. The van der Waals surface area contributed by atoms with E-state index in [9.17, 15) is 0 Å². The predicted molar refractivity (Wildman–Crippen MR) is 121 cm³/mol. The Morgan fingerprint density at radius 1 is 0.862 bits per heavy atom. The molecule has 0 aliphatic heterocycles. The van der Waals surface area contributed by atoms with E-state index in [1.807, 2.05) is 13.0 Å². The predicted octanol–water partition coefficient (Wildman–Crippen LogP) is 4.97. The van der Waals surface area contributed by atoms with Crippen molar-refractivity contribution in [2.75, 3.05) is 23.7 Å². The number of hydrogen-bond acceptors (Lipinski definition) is 4. The van der Waals surface area contributed by atoms with Gasteiger partial charge in [0.25, 0.3) is 0 Å². The molecule has 3 N–H and O–H groups in total. The van der Waals surface area contributed by atoms with Crippen molar-refractivity contribution in [1.29, 1.82) is 0 Å². The number of benzene rings is 2. The lowest BCUT2D eigenvalue weighted by Crippen LogP contribution is -2.11. The number of H-pyrrole nitrogens is 1. The highest BCUT2D eigenvalue weighted by Crippen LogP contribution is 2.18. The summed E-state index contributed by atoms with van der Waals surface area (Å²) in [4.78, 5) is 12.5. The molecule has 2 aromatic heterocycles. The van der Waals surface area contributed by atoms with Gasteiger partial charge < -0.3 is 15.6 Å². The van der Waals surface area contributed by atoms with E-state index in [4.69, 9.17) is 0 Å². The van der Waals surface area contributed by atoms with E-state index in [2.05, 4.69) is 86.4 Å². The van der Waals surface area contributed by atoms with Crippen LogP contribution in [0, 0.1) is 6.92 Å². The molecular formula is C24H27N5. The number of fused-ring (bicyclic) bond motifs is 1. The molecule has 148 valence electrons. The van der Waals surface area contributed by atoms with Gasteiger partial charge in [0.15, 0.2) is 0 Å². The van der Waals surface area contributed by atoms with Crippen LogP contribution in [0.5, 0.6) is 0 Å². The molecule has 0 amide bonds. The molecule has 0 aliphatic carbocycles. The summed E-state index contributed by atoms with van der Waals surface area (Å²) in [7, 11) is 0. The first kappa shape index (κ1) is 19.0. The first-order chi connectivity index (χ1) is 14.3. The Labute approximate surface area is 171 Å². The summed E-state index contributed by atoms with van der Waals surface area (Å²) in [6, 6.07) is 20.9.